The van der Waals surface area contributed by atoms with Crippen molar-refractivity contribution >= 4 is 0 Å². The van der Waals surface area contributed by atoms with Crippen LogP contribution in [0.4, 0.5) is 26.3 Å². The van der Waals surface area contributed by atoms with E-state index >= 15 is 0 Å². The zero-order valence-corrected chi connectivity index (χ0v) is 19.4. The molecule has 0 heterocycles. The van der Waals surface area contributed by atoms with Gasteiger partial charge in [0.2, 0.25) is 0 Å². The fraction of sp³-hybridized carbons (Fsp3) is 0.167. The SMILES string of the molecule is FC(F)(F)c1cccc([O][Zr]([O]c2cccc(C(F)(F)F)c2)([CH]2C=CC=C2)[CH]2C=CC=C2)c1. The van der Waals surface area contributed by atoms with Crippen LogP contribution in [0.1, 0.15) is 11.1 Å². The molecule has 0 radical (unpaired) electrons. The van der Waals surface area contributed by atoms with Crippen LogP contribution >= 0.6 is 0 Å². The van der Waals surface area contributed by atoms with Gasteiger partial charge >= 0.3 is 192 Å². The van der Waals surface area contributed by atoms with Crippen LogP contribution in [0.15, 0.2) is 97.1 Å². The van der Waals surface area contributed by atoms with E-state index in [1.807, 2.05) is 24.3 Å². The van der Waals surface area contributed by atoms with Crippen molar-refractivity contribution in [3.8, 4) is 11.5 Å². The quantitative estimate of drug-likeness (QED) is 0.344. The third kappa shape index (κ3) is 5.19. The summed E-state index contributed by atoms with van der Waals surface area (Å²) in [6, 6.07) is 8.94. The Morgan fingerprint density at radius 2 is 0.939 bits per heavy atom. The van der Waals surface area contributed by atoms with E-state index in [1.54, 1.807) is 24.3 Å². The number of allylic oxidation sites excluding steroid dienone is 8. The number of halogens is 6. The van der Waals surface area contributed by atoms with Gasteiger partial charge in [0.05, 0.1) is 0 Å². The Balaban J connectivity index is 1.80. The zero-order valence-electron chi connectivity index (χ0n) is 17.0. The van der Waals surface area contributed by atoms with Crippen molar-refractivity contribution in [3.63, 3.8) is 0 Å². The van der Waals surface area contributed by atoms with E-state index in [1.165, 1.54) is 24.3 Å². The van der Waals surface area contributed by atoms with Gasteiger partial charge in [0.1, 0.15) is 0 Å². The number of hydrogen-bond acceptors (Lipinski definition) is 2. The van der Waals surface area contributed by atoms with Crippen LogP contribution in [0, 0.1) is 0 Å². The monoisotopic (exact) mass is 542 g/mol. The van der Waals surface area contributed by atoms with E-state index < -0.39 is 44.6 Å². The molecule has 2 nitrogen and oxygen atoms in total. The second kappa shape index (κ2) is 9.01. The summed E-state index contributed by atoms with van der Waals surface area (Å²) in [6.45, 7) is 0. The molecule has 0 N–H and O–H groups in total. The predicted octanol–water partition coefficient (Wildman–Crippen LogP) is 7.99. The molecule has 0 fully saturated rings. The van der Waals surface area contributed by atoms with Crippen LogP contribution in [-0.4, -0.2) is 0 Å². The molecule has 0 spiro atoms. The first-order chi connectivity index (χ1) is 15.6. The molecular formula is C24H18F6O2Zr. The molecule has 4 rings (SSSR count). The van der Waals surface area contributed by atoms with Crippen molar-refractivity contribution in [2.75, 3.05) is 0 Å². The first-order valence-corrected chi connectivity index (χ1v) is 14.8. The molecule has 2 aromatic carbocycles. The summed E-state index contributed by atoms with van der Waals surface area (Å²) in [5.74, 6) is -0.0648. The Kier molecular flexibility index (Phi) is 6.45. The van der Waals surface area contributed by atoms with E-state index in [4.69, 9.17) is 5.63 Å². The Morgan fingerprint density at radius 1 is 0.576 bits per heavy atom. The van der Waals surface area contributed by atoms with E-state index in [0.717, 1.165) is 24.3 Å². The van der Waals surface area contributed by atoms with Crippen LogP contribution in [0.2, 0.25) is 7.25 Å². The van der Waals surface area contributed by atoms with Gasteiger partial charge in [-0.2, -0.15) is 0 Å². The van der Waals surface area contributed by atoms with Crippen molar-refractivity contribution in [2.24, 2.45) is 0 Å². The zero-order chi connectivity index (χ0) is 23.7. The summed E-state index contributed by atoms with van der Waals surface area (Å²) in [4.78, 5) is 0. The summed E-state index contributed by atoms with van der Waals surface area (Å²) >= 11 is -4.67. The molecule has 0 saturated carbocycles. The number of hydrogen-bond donors (Lipinski definition) is 0. The van der Waals surface area contributed by atoms with Gasteiger partial charge < -0.3 is 0 Å². The minimum atomic E-state index is -4.67. The molecule has 0 amide bonds. The van der Waals surface area contributed by atoms with Crippen LogP contribution in [-0.2, 0) is 33.5 Å². The van der Waals surface area contributed by atoms with Crippen molar-refractivity contribution < 1.29 is 53.1 Å². The second-order valence-corrected chi connectivity index (χ2v) is 15.4. The van der Waals surface area contributed by atoms with E-state index in [2.05, 4.69) is 0 Å². The van der Waals surface area contributed by atoms with Crippen molar-refractivity contribution in [3.05, 3.63) is 108 Å². The van der Waals surface area contributed by atoms with Crippen molar-refractivity contribution in [1.82, 2.24) is 0 Å². The third-order valence-electron chi connectivity index (χ3n) is 5.30. The van der Waals surface area contributed by atoms with Crippen LogP contribution in [0.3, 0.4) is 0 Å². The Hall–Kier alpha value is -2.54. The molecule has 0 bridgehead atoms. The Bertz CT molecular complexity index is 1020. The van der Waals surface area contributed by atoms with E-state index in [-0.39, 0.29) is 18.8 Å². The Morgan fingerprint density at radius 3 is 1.27 bits per heavy atom. The predicted molar refractivity (Wildman–Crippen MR) is 108 cm³/mol. The van der Waals surface area contributed by atoms with Gasteiger partial charge in [-0.15, -0.1) is 0 Å². The summed E-state index contributed by atoms with van der Waals surface area (Å²) in [6.07, 6.45) is 5.20. The first-order valence-electron chi connectivity index (χ1n) is 10.0. The standard InChI is InChI=1S/2C7H5F3O.2C5H5.Zr/c2*8-7(9,10)5-2-1-3-6(11)4-5;2*1-2-4-5-3-1;/h2*1-4,11H;2*1-5H;/q;;;;+2/p-2. The number of rotatable bonds is 6. The minimum absolute atomic E-state index is 0.0324. The molecular weight excluding hydrogens is 525 g/mol. The van der Waals surface area contributed by atoms with Gasteiger partial charge in [0, 0.05) is 0 Å². The fourth-order valence-corrected chi connectivity index (χ4v) is 12.5. The van der Waals surface area contributed by atoms with Gasteiger partial charge in [-0.1, -0.05) is 0 Å². The van der Waals surface area contributed by atoms with Crippen molar-refractivity contribution in [2.45, 2.75) is 19.6 Å². The summed E-state index contributed by atoms with van der Waals surface area (Å²) in [7, 11) is 0. The van der Waals surface area contributed by atoms with Gasteiger partial charge in [0.15, 0.2) is 0 Å². The molecule has 2 aliphatic rings. The van der Waals surface area contributed by atoms with Crippen molar-refractivity contribution in [1.29, 1.82) is 0 Å². The van der Waals surface area contributed by atoms with Crippen LogP contribution in [0.5, 0.6) is 11.5 Å². The number of alkyl halides is 6. The van der Waals surface area contributed by atoms with Crippen LogP contribution in [0.25, 0.3) is 0 Å². The van der Waals surface area contributed by atoms with Gasteiger partial charge in [-0.05, 0) is 0 Å². The first kappa shape index (κ1) is 23.6. The Labute approximate surface area is 192 Å². The molecule has 33 heavy (non-hydrogen) atoms. The molecule has 0 aliphatic heterocycles. The van der Waals surface area contributed by atoms with E-state index in [9.17, 15) is 26.3 Å². The fourth-order valence-electron chi connectivity index (χ4n) is 3.76. The van der Waals surface area contributed by atoms with Crippen LogP contribution < -0.4 is 5.63 Å². The normalized spacial score (nSPS) is 16.7. The third-order valence-corrected chi connectivity index (χ3v) is 14.5. The molecule has 2 aromatic rings. The molecule has 0 atom stereocenters. The summed E-state index contributed by atoms with van der Waals surface area (Å²) < 4.78 is 91.6. The van der Waals surface area contributed by atoms with E-state index in [0.29, 0.717) is 0 Å². The molecule has 0 aromatic heterocycles. The molecule has 172 valence electrons. The van der Waals surface area contributed by atoms with Gasteiger partial charge in [-0.3, -0.25) is 0 Å². The second-order valence-electron chi connectivity index (χ2n) is 7.57. The molecule has 9 heteroatoms. The average molecular weight is 544 g/mol. The maximum atomic E-state index is 13.3. The summed E-state index contributed by atoms with van der Waals surface area (Å²) in [5, 5.41) is 0. The van der Waals surface area contributed by atoms with Gasteiger partial charge in [0.25, 0.3) is 0 Å². The average Bonchev–Trinajstić information content (AvgIpc) is 3.47. The summed E-state index contributed by atoms with van der Waals surface area (Å²) in [5.41, 5.74) is -1.76. The topological polar surface area (TPSA) is 18.5 Å². The maximum absolute atomic E-state index is 13.3. The molecule has 0 unspecified atom stereocenters. The molecule has 2 aliphatic carbocycles. The van der Waals surface area contributed by atoms with Gasteiger partial charge in [-0.25, -0.2) is 0 Å². The molecule has 0 saturated heterocycles. The number of benzene rings is 2.